The predicted octanol–water partition coefficient (Wildman–Crippen LogP) is 0.978. The van der Waals surface area contributed by atoms with Crippen LogP contribution in [0.3, 0.4) is 0 Å². The summed E-state index contributed by atoms with van der Waals surface area (Å²) in [7, 11) is 3.46. The molecule has 0 atom stereocenters. The van der Waals surface area contributed by atoms with Crippen LogP contribution in [-0.2, 0) is 6.54 Å². The lowest BCUT2D eigenvalue weighted by molar-refractivity contribution is -0.409. The molecule has 15 heavy (non-hydrogen) atoms. The van der Waals surface area contributed by atoms with E-state index in [4.69, 9.17) is 0 Å². The van der Waals surface area contributed by atoms with Gasteiger partial charge in [0.15, 0.2) is 0 Å². The first-order valence-corrected chi connectivity index (χ1v) is 7.12. The first-order valence-electron chi connectivity index (χ1n) is 5.71. The monoisotopic (exact) mass is 219 g/mol. The van der Waals surface area contributed by atoms with Crippen LogP contribution in [-0.4, -0.2) is 39.6 Å². The standard InChI is InChI=1S/C12H19N2Si/c1-13-10-14(7-4-8-15)9-11-5-2-3-6-12(11)13/h2-3,5-6,10H,4,7-9H2,1,15H3/q+1. The fraction of sp³-hybridized carbons (Fsp3) is 0.417. The van der Waals surface area contributed by atoms with E-state index in [1.54, 1.807) is 0 Å². The molecule has 0 bridgehead atoms. The number of nitrogens with zero attached hydrogens (tertiary/aromatic N) is 2. The minimum absolute atomic E-state index is 1.07. The number of rotatable bonds is 3. The van der Waals surface area contributed by atoms with Gasteiger partial charge in [-0.25, -0.2) is 4.58 Å². The SMILES string of the molecule is C[N+]1=CN(CCC[SiH3])Cc2ccccc21. The molecule has 0 aromatic heterocycles. The minimum atomic E-state index is 1.07. The highest BCUT2D eigenvalue weighted by atomic mass is 28.1. The Bertz CT molecular complexity index is 374. The van der Waals surface area contributed by atoms with E-state index in [1.807, 2.05) is 0 Å². The van der Waals surface area contributed by atoms with Crippen LogP contribution in [0.2, 0.25) is 6.04 Å². The molecule has 0 amide bonds. The lowest BCUT2D eigenvalue weighted by Gasteiger charge is -2.20. The highest BCUT2D eigenvalue weighted by molar-refractivity contribution is 6.08. The molecule has 0 unspecified atom stereocenters. The van der Waals surface area contributed by atoms with E-state index >= 15 is 0 Å². The Labute approximate surface area is 94.7 Å². The van der Waals surface area contributed by atoms with Crippen LogP contribution < -0.4 is 0 Å². The first kappa shape index (κ1) is 10.4. The molecule has 0 saturated carbocycles. The quantitative estimate of drug-likeness (QED) is 0.542. The fourth-order valence-electron chi connectivity index (χ4n) is 2.05. The van der Waals surface area contributed by atoms with Crippen molar-refractivity contribution in [2.24, 2.45) is 0 Å². The lowest BCUT2D eigenvalue weighted by atomic mass is 10.1. The van der Waals surface area contributed by atoms with Gasteiger partial charge in [-0.15, -0.1) is 0 Å². The zero-order chi connectivity index (χ0) is 10.7. The van der Waals surface area contributed by atoms with Crippen molar-refractivity contribution in [3.63, 3.8) is 0 Å². The molecular weight excluding hydrogens is 200 g/mol. The van der Waals surface area contributed by atoms with E-state index in [0.29, 0.717) is 0 Å². The second kappa shape index (κ2) is 4.62. The summed E-state index contributed by atoms with van der Waals surface area (Å²) in [6.45, 7) is 2.27. The van der Waals surface area contributed by atoms with E-state index in [-0.39, 0.29) is 0 Å². The van der Waals surface area contributed by atoms with Crippen molar-refractivity contribution in [1.29, 1.82) is 0 Å². The molecule has 80 valence electrons. The molecule has 0 fully saturated rings. The van der Waals surface area contributed by atoms with Gasteiger partial charge in [-0.2, -0.15) is 0 Å². The Morgan fingerprint density at radius 3 is 3.00 bits per heavy atom. The second-order valence-electron chi connectivity index (χ2n) is 4.18. The molecule has 1 aliphatic rings. The Morgan fingerprint density at radius 2 is 2.20 bits per heavy atom. The van der Waals surface area contributed by atoms with Gasteiger partial charge >= 0.3 is 0 Å². The maximum atomic E-state index is 2.42. The highest BCUT2D eigenvalue weighted by Gasteiger charge is 2.19. The van der Waals surface area contributed by atoms with Crippen LogP contribution in [0.1, 0.15) is 12.0 Å². The maximum Gasteiger partial charge on any atom is 0.239 e. The van der Waals surface area contributed by atoms with Crippen LogP contribution in [0, 0.1) is 0 Å². The van der Waals surface area contributed by atoms with Crippen LogP contribution in [0.15, 0.2) is 24.3 Å². The van der Waals surface area contributed by atoms with E-state index < -0.39 is 0 Å². The molecule has 1 heterocycles. The van der Waals surface area contributed by atoms with Crippen molar-refractivity contribution in [3.8, 4) is 0 Å². The van der Waals surface area contributed by atoms with Crippen molar-refractivity contribution >= 4 is 22.3 Å². The Hall–Kier alpha value is -1.09. The third-order valence-corrected chi connectivity index (χ3v) is 3.59. The zero-order valence-corrected chi connectivity index (χ0v) is 11.6. The predicted molar refractivity (Wildman–Crippen MR) is 68.1 cm³/mol. The number of fused-ring (bicyclic) bond motifs is 1. The van der Waals surface area contributed by atoms with Gasteiger partial charge in [0, 0.05) is 15.8 Å². The third-order valence-electron chi connectivity index (χ3n) is 2.88. The molecule has 2 rings (SSSR count). The topological polar surface area (TPSA) is 6.25 Å². The van der Waals surface area contributed by atoms with Gasteiger partial charge < -0.3 is 0 Å². The Balaban J connectivity index is 2.17. The van der Waals surface area contributed by atoms with Crippen molar-refractivity contribution in [3.05, 3.63) is 29.8 Å². The van der Waals surface area contributed by atoms with Gasteiger partial charge in [-0.05, 0) is 12.5 Å². The van der Waals surface area contributed by atoms with Crippen LogP contribution in [0.5, 0.6) is 0 Å². The smallest absolute Gasteiger partial charge is 0.239 e. The van der Waals surface area contributed by atoms with Gasteiger partial charge in [0.2, 0.25) is 6.34 Å². The fourth-order valence-corrected chi connectivity index (χ4v) is 2.37. The van der Waals surface area contributed by atoms with Crippen molar-refractivity contribution in [2.45, 2.75) is 19.0 Å². The average molecular weight is 219 g/mol. The van der Waals surface area contributed by atoms with E-state index in [2.05, 4.69) is 47.1 Å². The largest absolute Gasteiger partial charge is 0.264 e. The summed E-state index contributed by atoms with van der Waals surface area (Å²) in [5.74, 6) is 0. The third kappa shape index (κ3) is 2.29. The molecular formula is C12H19N2Si+. The summed E-state index contributed by atoms with van der Waals surface area (Å²) in [5, 5.41) is 0. The second-order valence-corrected chi connectivity index (χ2v) is 5.18. The Morgan fingerprint density at radius 1 is 1.40 bits per heavy atom. The van der Waals surface area contributed by atoms with Gasteiger partial charge in [-0.1, -0.05) is 24.2 Å². The zero-order valence-electron chi connectivity index (χ0n) is 9.61. The number of hydrogen-bond donors (Lipinski definition) is 0. The molecule has 2 nitrogen and oxygen atoms in total. The number of benzene rings is 1. The summed E-state index contributed by atoms with van der Waals surface area (Å²) in [5.41, 5.74) is 2.79. The first-order chi connectivity index (χ1) is 7.31. The van der Waals surface area contributed by atoms with Gasteiger partial charge in [0.05, 0.1) is 13.6 Å². The summed E-state index contributed by atoms with van der Waals surface area (Å²) in [6, 6.07) is 10.1. The molecule has 0 saturated heterocycles. The molecule has 0 spiro atoms. The maximum absolute atomic E-state index is 2.42. The van der Waals surface area contributed by atoms with Crippen molar-refractivity contribution in [1.82, 2.24) is 4.90 Å². The summed E-state index contributed by atoms with van der Waals surface area (Å²) in [6.07, 6.45) is 3.57. The van der Waals surface area contributed by atoms with Crippen LogP contribution >= 0.6 is 0 Å². The molecule has 1 aromatic carbocycles. The number of hydrogen-bond acceptors (Lipinski definition) is 1. The van der Waals surface area contributed by atoms with E-state index in [9.17, 15) is 0 Å². The van der Waals surface area contributed by atoms with Gasteiger partial charge in [-0.3, -0.25) is 4.90 Å². The van der Waals surface area contributed by atoms with Gasteiger partial charge in [0.1, 0.15) is 12.2 Å². The van der Waals surface area contributed by atoms with Gasteiger partial charge in [0.25, 0.3) is 0 Å². The molecule has 0 N–H and O–H groups in total. The molecule has 1 aliphatic heterocycles. The van der Waals surface area contributed by atoms with Crippen LogP contribution in [0.4, 0.5) is 5.69 Å². The van der Waals surface area contributed by atoms with Crippen molar-refractivity contribution < 1.29 is 4.58 Å². The average Bonchev–Trinajstić information content (AvgIpc) is 2.26. The van der Waals surface area contributed by atoms with Crippen molar-refractivity contribution in [2.75, 3.05) is 13.6 Å². The molecule has 1 aromatic rings. The highest BCUT2D eigenvalue weighted by Crippen LogP contribution is 2.22. The molecule has 3 heteroatoms. The summed E-state index contributed by atoms with van der Waals surface area (Å²) >= 11 is 0. The minimum Gasteiger partial charge on any atom is -0.264 e. The molecule has 0 aliphatic carbocycles. The lowest BCUT2D eigenvalue weighted by Crippen LogP contribution is -2.30. The Kier molecular flexibility index (Phi) is 3.21. The van der Waals surface area contributed by atoms with E-state index in [0.717, 1.165) is 6.54 Å². The number of para-hydroxylation sites is 1. The summed E-state index contributed by atoms with van der Waals surface area (Å²) in [4.78, 5) is 2.42. The molecule has 0 radical (unpaired) electrons. The normalized spacial score (nSPS) is 15.0. The van der Waals surface area contributed by atoms with Crippen LogP contribution in [0.25, 0.3) is 0 Å². The summed E-state index contributed by atoms with van der Waals surface area (Å²) < 4.78 is 2.23. The van der Waals surface area contributed by atoms with E-state index in [1.165, 1.54) is 40.5 Å².